The molecule has 1 N–H and O–H groups in total. The largest absolute Gasteiger partial charge is 0.356 e. The van der Waals surface area contributed by atoms with Crippen molar-refractivity contribution < 1.29 is 4.79 Å². The third-order valence-corrected chi connectivity index (χ3v) is 5.23. The fourth-order valence-electron chi connectivity index (χ4n) is 2.72. The van der Waals surface area contributed by atoms with Gasteiger partial charge in [-0.15, -0.1) is 22.9 Å². The number of halogens is 1. The molecule has 20 heavy (non-hydrogen) atoms. The lowest BCUT2D eigenvalue weighted by Crippen LogP contribution is -2.28. The van der Waals surface area contributed by atoms with Gasteiger partial charge in [0.1, 0.15) is 5.01 Å². The maximum absolute atomic E-state index is 11.8. The molecule has 0 saturated heterocycles. The summed E-state index contributed by atoms with van der Waals surface area (Å²) >= 11 is 7.21. The van der Waals surface area contributed by atoms with Crippen LogP contribution in [0, 0.1) is 11.8 Å². The summed E-state index contributed by atoms with van der Waals surface area (Å²) in [5, 5.41) is 5.78. The first-order valence-electron chi connectivity index (χ1n) is 7.43. The molecule has 0 bridgehead atoms. The second kappa shape index (κ2) is 7.99. The van der Waals surface area contributed by atoms with Gasteiger partial charge >= 0.3 is 0 Å². The second-order valence-electron chi connectivity index (χ2n) is 5.81. The number of nitrogens with zero attached hydrogens (tertiary/aromatic N) is 1. The average molecular weight is 315 g/mol. The van der Waals surface area contributed by atoms with Crippen molar-refractivity contribution in [3.8, 4) is 0 Å². The van der Waals surface area contributed by atoms with Crippen molar-refractivity contribution in [1.82, 2.24) is 10.3 Å². The summed E-state index contributed by atoms with van der Waals surface area (Å²) in [5.74, 6) is 2.18. The van der Waals surface area contributed by atoms with E-state index in [1.807, 2.05) is 5.38 Å². The molecule has 1 aromatic heterocycles. The van der Waals surface area contributed by atoms with Crippen LogP contribution in [0.5, 0.6) is 0 Å². The molecular formula is C15H23ClN2OS. The van der Waals surface area contributed by atoms with Crippen molar-refractivity contribution in [1.29, 1.82) is 0 Å². The second-order valence-corrected chi connectivity index (χ2v) is 7.02. The number of carbonyl (C=O) groups is 1. The molecule has 1 heterocycles. The van der Waals surface area contributed by atoms with Gasteiger partial charge in [0.15, 0.2) is 0 Å². The number of amides is 1. The Morgan fingerprint density at radius 1 is 1.45 bits per heavy atom. The van der Waals surface area contributed by atoms with Crippen LogP contribution in [0.2, 0.25) is 0 Å². The Balaban J connectivity index is 1.62. The van der Waals surface area contributed by atoms with Gasteiger partial charge in [0.05, 0.1) is 18.0 Å². The van der Waals surface area contributed by atoms with Gasteiger partial charge in [0.2, 0.25) is 5.91 Å². The Morgan fingerprint density at radius 2 is 2.20 bits per heavy atom. The minimum atomic E-state index is 0.0737. The Morgan fingerprint density at radius 3 is 2.85 bits per heavy atom. The quantitative estimate of drug-likeness (QED) is 0.812. The van der Waals surface area contributed by atoms with E-state index in [1.54, 1.807) is 0 Å². The van der Waals surface area contributed by atoms with Gasteiger partial charge in [-0.3, -0.25) is 4.79 Å². The maximum Gasteiger partial charge on any atom is 0.226 e. The standard InChI is InChI=1S/C15H23ClN2OS/c1-11-2-4-12(5-3-11)6-7-17-14(19)8-15-18-13(9-16)10-20-15/h10-12H,2-9H2,1H3,(H,17,19). The number of nitrogens with one attached hydrogen (secondary N) is 1. The first-order valence-corrected chi connectivity index (χ1v) is 8.84. The smallest absolute Gasteiger partial charge is 0.226 e. The van der Waals surface area contributed by atoms with E-state index >= 15 is 0 Å². The fraction of sp³-hybridized carbons (Fsp3) is 0.733. The molecule has 0 unspecified atom stereocenters. The molecule has 0 radical (unpaired) electrons. The van der Waals surface area contributed by atoms with E-state index in [-0.39, 0.29) is 5.91 Å². The number of hydrogen-bond acceptors (Lipinski definition) is 3. The summed E-state index contributed by atoms with van der Waals surface area (Å²) in [5.41, 5.74) is 0.857. The molecule has 0 spiro atoms. The van der Waals surface area contributed by atoms with Gasteiger partial charge in [0.25, 0.3) is 0 Å². The van der Waals surface area contributed by atoms with Crippen LogP contribution in [0.3, 0.4) is 0 Å². The number of rotatable bonds is 6. The van der Waals surface area contributed by atoms with E-state index in [1.165, 1.54) is 37.0 Å². The molecule has 3 nitrogen and oxygen atoms in total. The van der Waals surface area contributed by atoms with Crippen molar-refractivity contribution in [2.75, 3.05) is 6.54 Å². The Hall–Kier alpha value is -0.610. The van der Waals surface area contributed by atoms with Crippen molar-refractivity contribution >= 4 is 28.8 Å². The SMILES string of the molecule is CC1CCC(CCNC(=O)Cc2nc(CCl)cs2)CC1. The lowest BCUT2D eigenvalue weighted by atomic mass is 9.81. The van der Waals surface area contributed by atoms with E-state index < -0.39 is 0 Å². The van der Waals surface area contributed by atoms with Gasteiger partial charge in [-0.2, -0.15) is 0 Å². The highest BCUT2D eigenvalue weighted by atomic mass is 35.5. The van der Waals surface area contributed by atoms with Gasteiger partial charge in [-0.05, 0) is 18.3 Å². The maximum atomic E-state index is 11.8. The van der Waals surface area contributed by atoms with Gasteiger partial charge in [-0.1, -0.05) is 32.6 Å². The average Bonchev–Trinajstić information content (AvgIpc) is 2.88. The summed E-state index contributed by atoms with van der Waals surface area (Å²) in [6.45, 7) is 3.13. The Labute approximate surface area is 130 Å². The lowest BCUT2D eigenvalue weighted by molar-refractivity contribution is -0.120. The first kappa shape index (κ1) is 15.8. The molecule has 1 aliphatic carbocycles. The number of thiazole rings is 1. The number of hydrogen-bond donors (Lipinski definition) is 1. The minimum absolute atomic E-state index is 0.0737. The third-order valence-electron chi connectivity index (χ3n) is 4.06. The summed E-state index contributed by atoms with van der Waals surface area (Å²) in [6, 6.07) is 0. The molecule has 1 saturated carbocycles. The molecule has 1 aromatic rings. The predicted molar refractivity (Wildman–Crippen MR) is 84.1 cm³/mol. The molecule has 0 atom stereocenters. The summed E-state index contributed by atoms with van der Waals surface area (Å²) in [4.78, 5) is 16.1. The van der Waals surface area contributed by atoms with Gasteiger partial charge in [0, 0.05) is 11.9 Å². The van der Waals surface area contributed by atoms with Crippen LogP contribution in [0.4, 0.5) is 0 Å². The molecule has 1 amide bonds. The predicted octanol–water partition coefficient (Wildman–Crippen LogP) is 3.76. The molecule has 1 aliphatic rings. The zero-order valence-electron chi connectivity index (χ0n) is 12.0. The summed E-state index contributed by atoms with van der Waals surface area (Å²) < 4.78 is 0. The lowest BCUT2D eigenvalue weighted by Gasteiger charge is -2.26. The number of alkyl halides is 1. The molecule has 5 heteroatoms. The van der Waals surface area contributed by atoms with E-state index in [9.17, 15) is 4.79 Å². The van der Waals surface area contributed by atoms with Gasteiger partial charge < -0.3 is 5.32 Å². The molecule has 0 aromatic carbocycles. The number of carbonyl (C=O) groups excluding carboxylic acids is 1. The topological polar surface area (TPSA) is 42.0 Å². The molecule has 1 fully saturated rings. The Bertz CT molecular complexity index is 427. The van der Waals surface area contributed by atoms with Crippen molar-refractivity contribution in [3.63, 3.8) is 0 Å². The summed E-state index contributed by atoms with van der Waals surface area (Å²) in [6.07, 6.45) is 6.83. The van der Waals surface area contributed by atoms with Crippen molar-refractivity contribution in [2.45, 2.75) is 51.3 Å². The molecule has 2 rings (SSSR count). The highest BCUT2D eigenvalue weighted by Crippen LogP contribution is 2.29. The first-order chi connectivity index (χ1) is 9.67. The molecule has 112 valence electrons. The van der Waals surface area contributed by atoms with E-state index in [0.717, 1.165) is 35.5 Å². The molecular weight excluding hydrogens is 292 g/mol. The fourth-order valence-corrected chi connectivity index (χ4v) is 3.75. The monoisotopic (exact) mass is 314 g/mol. The van der Waals surface area contributed by atoms with Crippen LogP contribution in [0.25, 0.3) is 0 Å². The van der Waals surface area contributed by atoms with Crippen LogP contribution in [0.15, 0.2) is 5.38 Å². The third kappa shape index (κ3) is 5.06. The zero-order chi connectivity index (χ0) is 14.4. The van der Waals surface area contributed by atoms with Crippen molar-refractivity contribution in [2.24, 2.45) is 11.8 Å². The van der Waals surface area contributed by atoms with Crippen LogP contribution < -0.4 is 5.32 Å². The summed E-state index contributed by atoms with van der Waals surface area (Å²) in [7, 11) is 0. The zero-order valence-corrected chi connectivity index (χ0v) is 13.6. The van der Waals surface area contributed by atoms with Crippen molar-refractivity contribution in [3.05, 3.63) is 16.1 Å². The van der Waals surface area contributed by atoms with E-state index in [4.69, 9.17) is 11.6 Å². The van der Waals surface area contributed by atoms with Crippen LogP contribution in [-0.4, -0.2) is 17.4 Å². The molecule has 0 aliphatic heterocycles. The highest BCUT2D eigenvalue weighted by molar-refractivity contribution is 7.09. The van der Waals surface area contributed by atoms with E-state index in [2.05, 4.69) is 17.2 Å². The van der Waals surface area contributed by atoms with Crippen LogP contribution in [-0.2, 0) is 17.1 Å². The van der Waals surface area contributed by atoms with Gasteiger partial charge in [-0.25, -0.2) is 4.98 Å². The van der Waals surface area contributed by atoms with Crippen LogP contribution >= 0.6 is 22.9 Å². The Kier molecular flexibility index (Phi) is 6.30. The number of aromatic nitrogens is 1. The highest BCUT2D eigenvalue weighted by Gasteiger charge is 2.18. The van der Waals surface area contributed by atoms with Crippen LogP contribution in [0.1, 0.15) is 49.7 Å². The van der Waals surface area contributed by atoms with E-state index in [0.29, 0.717) is 12.3 Å². The minimum Gasteiger partial charge on any atom is -0.356 e. The normalized spacial score (nSPS) is 22.7.